The van der Waals surface area contributed by atoms with Crippen molar-refractivity contribution in [3.05, 3.63) is 93.8 Å². The molecule has 0 radical (unpaired) electrons. The van der Waals surface area contributed by atoms with Crippen molar-refractivity contribution in [1.29, 1.82) is 0 Å². The summed E-state index contributed by atoms with van der Waals surface area (Å²) in [6.45, 7) is 7.17. The van der Waals surface area contributed by atoms with Gasteiger partial charge in [0, 0.05) is 11.3 Å². The zero-order valence-electron chi connectivity index (χ0n) is 16.1. The van der Waals surface area contributed by atoms with E-state index in [1.165, 1.54) is 12.5 Å². The number of aromatic nitrogens is 1. The van der Waals surface area contributed by atoms with Crippen molar-refractivity contribution < 1.29 is 9.59 Å². The van der Waals surface area contributed by atoms with Gasteiger partial charge in [0.2, 0.25) is 0 Å². The van der Waals surface area contributed by atoms with Crippen LogP contribution in [0.2, 0.25) is 0 Å². The van der Waals surface area contributed by atoms with Gasteiger partial charge in [0.1, 0.15) is 5.69 Å². The van der Waals surface area contributed by atoms with Crippen LogP contribution in [0.25, 0.3) is 0 Å². The number of hydrogen-bond donors (Lipinski definition) is 2. The Hall–Kier alpha value is -3.14. The highest BCUT2D eigenvalue weighted by Crippen LogP contribution is 2.24. The maximum atomic E-state index is 13.0. The van der Waals surface area contributed by atoms with E-state index in [0.29, 0.717) is 16.8 Å². The highest BCUT2D eigenvalue weighted by molar-refractivity contribution is 6.02. The molecule has 4 nitrogen and oxygen atoms in total. The van der Waals surface area contributed by atoms with Crippen LogP contribution >= 0.6 is 0 Å². The Bertz CT molecular complexity index is 970. The molecule has 0 bridgehead atoms. The molecule has 27 heavy (non-hydrogen) atoms. The van der Waals surface area contributed by atoms with Crippen LogP contribution in [0.1, 0.15) is 61.8 Å². The fraction of sp³-hybridized carbons (Fsp3) is 0.217. The molecule has 0 fully saturated rings. The maximum absolute atomic E-state index is 13.0. The van der Waals surface area contributed by atoms with E-state index in [9.17, 15) is 9.59 Å². The van der Waals surface area contributed by atoms with Crippen LogP contribution in [-0.2, 0) is 0 Å². The lowest BCUT2D eigenvalue weighted by Gasteiger charge is -2.20. The molecule has 4 heteroatoms. The first-order chi connectivity index (χ1) is 12.9. The Morgan fingerprint density at radius 2 is 1.48 bits per heavy atom. The lowest BCUT2D eigenvalue weighted by atomic mass is 9.97. The van der Waals surface area contributed by atoms with Crippen LogP contribution in [0.5, 0.6) is 0 Å². The smallest absolute Gasteiger partial charge is 0.268 e. The molecule has 1 unspecified atom stereocenters. The van der Waals surface area contributed by atoms with Crippen molar-refractivity contribution in [2.45, 2.75) is 33.7 Å². The van der Waals surface area contributed by atoms with Gasteiger partial charge in [-0.1, -0.05) is 60.2 Å². The summed E-state index contributed by atoms with van der Waals surface area (Å²) in [7, 11) is 0. The molecule has 0 aliphatic rings. The van der Waals surface area contributed by atoms with Crippen LogP contribution in [-0.4, -0.2) is 16.7 Å². The van der Waals surface area contributed by atoms with Gasteiger partial charge in [-0.25, -0.2) is 0 Å². The number of amides is 1. The third-order valence-electron chi connectivity index (χ3n) is 4.84. The highest BCUT2D eigenvalue weighted by atomic mass is 16.2. The Kier molecular flexibility index (Phi) is 5.26. The van der Waals surface area contributed by atoms with E-state index in [1.807, 2.05) is 68.4 Å². The number of nitrogens with one attached hydrogen (secondary N) is 2. The van der Waals surface area contributed by atoms with Gasteiger partial charge >= 0.3 is 0 Å². The molecule has 0 saturated heterocycles. The normalized spacial score (nSPS) is 11.9. The minimum atomic E-state index is -0.275. The summed E-state index contributed by atoms with van der Waals surface area (Å²) in [6, 6.07) is 17.7. The van der Waals surface area contributed by atoms with Gasteiger partial charge in [0.15, 0.2) is 5.78 Å². The van der Waals surface area contributed by atoms with E-state index < -0.39 is 0 Å². The molecule has 2 N–H and O–H groups in total. The zero-order chi connectivity index (χ0) is 19.6. The quantitative estimate of drug-likeness (QED) is 0.650. The molecule has 2 aromatic carbocycles. The van der Waals surface area contributed by atoms with E-state index in [0.717, 1.165) is 16.8 Å². The van der Waals surface area contributed by atoms with Crippen LogP contribution in [0.4, 0.5) is 0 Å². The number of carbonyl (C=O) groups excluding carboxylic acids is 2. The summed E-state index contributed by atoms with van der Waals surface area (Å²) in [6.07, 6.45) is 0. The van der Waals surface area contributed by atoms with Gasteiger partial charge in [0.25, 0.3) is 5.91 Å². The van der Waals surface area contributed by atoms with E-state index in [4.69, 9.17) is 0 Å². The van der Waals surface area contributed by atoms with Crippen LogP contribution < -0.4 is 5.32 Å². The van der Waals surface area contributed by atoms with Gasteiger partial charge in [-0.15, -0.1) is 0 Å². The molecular weight excluding hydrogens is 336 g/mol. The number of hydrogen-bond acceptors (Lipinski definition) is 2. The Morgan fingerprint density at radius 1 is 0.889 bits per heavy atom. The van der Waals surface area contributed by atoms with Gasteiger partial charge in [-0.2, -0.15) is 0 Å². The topological polar surface area (TPSA) is 62.0 Å². The predicted molar refractivity (Wildman–Crippen MR) is 107 cm³/mol. The number of aromatic amines is 1. The molecule has 3 rings (SSSR count). The van der Waals surface area contributed by atoms with Crippen LogP contribution in [0.15, 0.2) is 54.6 Å². The number of H-pyrrole nitrogens is 1. The third kappa shape index (κ3) is 3.85. The fourth-order valence-corrected chi connectivity index (χ4v) is 3.47. The van der Waals surface area contributed by atoms with Gasteiger partial charge in [-0.3, -0.25) is 9.59 Å². The molecular formula is C23H24N2O2. The average molecular weight is 360 g/mol. The average Bonchev–Trinajstić information content (AvgIpc) is 2.95. The summed E-state index contributed by atoms with van der Waals surface area (Å²) >= 11 is 0. The fourth-order valence-electron chi connectivity index (χ4n) is 3.47. The molecule has 1 heterocycles. The molecule has 1 amide bonds. The summed E-state index contributed by atoms with van der Waals surface area (Å²) < 4.78 is 0. The van der Waals surface area contributed by atoms with E-state index >= 15 is 0 Å². The minimum Gasteiger partial charge on any atom is -0.354 e. The number of benzene rings is 2. The number of rotatable bonds is 5. The monoisotopic (exact) mass is 360 g/mol. The van der Waals surface area contributed by atoms with Gasteiger partial charge < -0.3 is 10.3 Å². The lowest BCUT2D eigenvalue weighted by molar-refractivity contribution is 0.0937. The second kappa shape index (κ2) is 7.62. The van der Waals surface area contributed by atoms with Gasteiger partial charge in [0.05, 0.1) is 6.04 Å². The minimum absolute atomic E-state index is 0.0431. The predicted octanol–water partition coefficient (Wildman–Crippen LogP) is 4.66. The first-order valence-corrected chi connectivity index (χ1v) is 9.01. The molecule has 0 saturated carbocycles. The molecule has 0 aliphatic heterocycles. The van der Waals surface area contributed by atoms with Crippen molar-refractivity contribution in [1.82, 2.24) is 10.3 Å². The first-order valence-electron chi connectivity index (χ1n) is 9.01. The molecule has 3 aromatic rings. The Morgan fingerprint density at radius 3 is 2.04 bits per heavy atom. The summed E-state index contributed by atoms with van der Waals surface area (Å²) in [4.78, 5) is 28.0. The van der Waals surface area contributed by atoms with Crippen molar-refractivity contribution in [3.63, 3.8) is 0 Å². The molecule has 1 aromatic heterocycles. The highest BCUT2D eigenvalue weighted by Gasteiger charge is 2.23. The Balaban J connectivity index is 1.98. The van der Waals surface area contributed by atoms with Crippen molar-refractivity contribution in [2.24, 2.45) is 0 Å². The molecule has 138 valence electrons. The standard InChI is InChI=1S/C23H24N2O2/c1-14-10-12-19(13-11-14)22(18-8-6-5-7-9-18)25-23(27)21-15(2)20(17(4)26)16(3)24-21/h5-13,22,24H,1-4H3,(H,25,27). The number of ketones is 1. The summed E-state index contributed by atoms with van der Waals surface area (Å²) in [5, 5.41) is 3.12. The first kappa shape index (κ1) is 18.6. The molecule has 0 spiro atoms. The van der Waals surface area contributed by atoms with Crippen molar-refractivity contribution in [3.8, 4) is 0 Å². The van der Waals surface area contributed by atoms with E-state index in [2.05, 4.69) is 10.3 Å². The molecule has 1 atom stereocenters. The zero-order valence-corrected chi connectivity index (χ0v) is 16.1. The summed E-state index contributed by atoms with van der Waals surface area (Å²) in [5.41, 5.74) is 5.61. The summed E-state index contributed by atoms with van der Waals surface area (Å²) in [5.74, 6) is -0.268. The second-order valence-electron chi connectivity index (χ2n) is 6.91. The van der Waals surface area contributed by atoms with Gasteiger partial charge in [-0.05, 0) is 44.4 Å². The lowest BCUT2D eigenvalue weighted by Crippen LogP contribution is -2.30. The largest absolute Gasteiger partial charge is 0.354 e. The second-order valence-corrected chi connectivity index (χ2v) is 6.91. The SMILES string of the molecule is CC(=O)c1c(C)[nH]c(C(=O)NC(c2ccccc2)c2ccc(C)cc2)c1C. The Labute approximate surface area is 159 Å². The number of carbonyl (C=O) groups is 2. The molecule has 0 aliphatic carbocycles. The number of Topliss-reactive ketones (excluding diaryl/α,β-unsaturated/α-hetero) is 1. The maximum Gasteiger partial charge on any atom is 0.268 e. The van der Waals surface area contributed by atoms with Crippen molar-refractivity contribution >= 4 is 11.7 Å². The number of aryl methyl sites for hydroxylation is 2. The van der Waals surface area contributed by atoms with Crippen LogP contribution in [0.3, 0.4) is 0 Å². The van der Waals surface area contributed by atoms with E-state index in [-0.39, 0.29) is 17.7 Å². The van der Waals surface area contributed by atoms with Crippen molar-refractivity contribution in [2.75, 3.05) is 0 Å². The van der Waals surface area contributed by atoms with Crippen LogP contribution in [0, 0.1) is 20.8 Å². The van der Waals surface area contributed by atoms with E-state index in [1.54, 1.807) is 6.92 Å². The third-order valence-corrected chi connectivity index (χ3v) is 4.84.